The molecule has 0 unspecified atom stereocenters. The molecule has 0 aromatic heterocycles. The number of amides is 2. The van der Waals surface area contributed by atoms with E-state index in [1.807, 2.05) is 18.2 Å². The van der Waals surface area contributed by atoms with Gasteiger partial charge >= 0.3 is 0 Å². The molecule has 0 radical (unpaired) electrons. The fraction of sp³-hybridized carbons (Fsp3) is 0.417. The van der Waals surface area contributed by atoms with Crippen LogP contribution in [0, 0.1) is 0 Å². The maximum atomic E-state index is 13.0. The number of benzene rings is 2. The summed E-state index contributed by atoms with van der Waals surface area (Å²) in [6.45, 7) is 2.03. The Hall–Kier alpha value is -2.37. The van der Waals surface area contributed by atoms with E-state index >= 15 is 0 Å². The summed E-state index contributed by atoms with van der Waals surface area (Å²) >= 11 is 6.05. The summed E-state index contributed by atoms with van der Waals surface area (Å²) in [5, 5.41) is 14.4. The van der Waals surface area contributed by atoms with Gasteiger partial charge in [-0.2, -0.15) is 0 Å². The third-order valence-electron chi connectivity index (χ3n) is 6.23. The molecule has 6 heteroatoms. The monoisotopic (exact) mass is 428 g/mol. The molecule has 0 saturated heterocycles. The standard InChI is InChI=1S/C24H29ClN2O3/c1-17(28)26-16-24(19-8-4-3-5-9-19)13-11-21(22(29)12-14-24)27(2)23(30)18-7-6-10-20(25)15-18/h3-10,15,21-22,29H,11-14,16H2,1-2H3,(H,26,28)/t21-,22-,24-/m1/s1. The van der Waals surface area contributed by atoms with Crippen LogP contribution in [0.4, 0.5) is 0 Å². The molecule has 5 nitrogen and oxygen atoms in total. The number of nitrogens with one attached hydrogen (secondary N) is 1. The highest BCUT2D eigenvalue weighted by molar-refractivity contribution is 6.30. The maximum Gasteiger partial charge on any atom is 0.253 e. The maximum absolute atomic E-state index is 13.0. The third-order valence-corrected chi connectivity index (χ3v) is 6.47. The smallest absolute Gasteiger partial charge is 0.253 e. The molecule has 3 rings (SSSR count). The number of nitrogens with zero attached hydrogens (tertiary/aromatic N) is 1. The predicted molar refractivity (Wildman–Crippen MR) is 119 cm³/mol. The summed E-state index contributed by atoms with van der Waals surface area (Å²) in [5.74, 6) is -0.226. The molecule has 0 bridgehead atoms. The summed E-state index contributed by atoms with van der Waals surface area (Å²) in [7, 11) is 1.74. The van der Waals surface area contributed by atoms with Crippen molar-refractivity contribution in [2.75, 3.05) is 13.6 Å². The number of carbonyl (C=O) groups is 2. The second-order valence-corrected chi connectivity index (χ2v) is 8.63. The van der Waals surface area contributed by atoms with E-state index in [1.165, 1.54) is 6.92 Å². The first-order valence-electron chi connectivity index (χ1n) is 10.3. The number of aliphatic hydroxyl groups excluding tert-OH is 1. The number of carbonyl (C=O) groups excluding carboxylic acids is 2. The minimum Gasteiger partial charge on any atom is -0.391 e. The number of likely N-dealkylation sites (N-methyl/N-ethyl adjacent to an activating group) is 1. The van der Waals surface area contributed by atoms with Crippen molar-refractivity contribution in [1.82, 2.24) is 10.2 Å². The average Bonchev–Trinajstić information content (AvgIpc) is 2.91. The summed E-state index contributed by atoms with van der Waals surface area (Å²) in [6, 6.07) is 16.7. The van der Waals surface area contributed by atoms with E-state index in [0.717, 1.165) is 18.4 Å². The van der Waals surface area contributed by atoms with Crippen LogP contribution in [-0.2, 0) is 10.2 Å². The van der Waals surface area contributed by atoms with Crippen LogP contribution < -0.4 is 5.32 Å². The first-order chi connectivity index (χ1) is 14.3. The molecular weight excluding hydrogens is 400 g/mol. The molecule has 0 heterocycles. The predicted octanol–water partition coefficient (Wildman–Crippen LogP) is 3.79. The number of rotatable bonds is 5. The molecular formula is C24H29ClN2O3. The first-order valence-corrected chi connectivity index (χ1v) is 10.7. The Balaban J connectivity index is 1.83. The van der Waals surface area contributed by atoms with Gasteiger partial charge in [0.15, 0.2) is 0 Å². The van der Waals surface area contributed by atoms with Gasteiger partial charge in [-0.25, -0.2) is 0 Å². The molecule has 160 valence electrons. The Labute approximate surface area is 183 Å². The zero-order chi connectivity index (χ0) is 21.7. The van der Waals surface area contributed by atoms with Crippen molar-refractivity contribution in [2.24, 2.45) is 0 Å². The molecule has 1 saturated carbocycles. The van der Waals surface area contributed by atoms with Crippen molar-refractivity contribution in [3.63, 3.8) is 0 Å². The fourth-order valence-corrected chi connectivity index (χ4v) is 4.63. The molecule has 0 spiro atoms. The van der Waals surface area contributed by atoms with E-state index in [9.17, 15) is 14.7 Å². The van der Waals surface area contributed by atoms with Crippen molar-refractivity contribution in [1.29, 1.82) is 0 Å². The number of hydrogen-bond acceptors (Lipinski definition) is 3. The van der Waals surface area contributed by atoms with E-state index in [0.29, 0.717) is 30.0 Å². The molecule has 2 aromatic carbocycles. The third kappa shape index (κ3) is 5.02. The Morgan fingerprint density at radius 2 is 1.83 bits per heavy atom. The van der Waals surface area contributed by atoms with Crippen LogP contribution in [0.5, 0.6) is 0 Å². The van der Waals surface area contributed by atoms with E-state index in [-0.39, 0.29) is 23.3 Å². The van der Waals surface area contributed by atoms with Gasteiger partial charge in [-0.1, -0.05) is 48.0 Å². The summed E-state index contributed by atoms with van der Waals surface area (Å²) < 4.78 is 0. The lowest BCUT2D eigenvalue weighted by Gasteiger charge is -2.34. The minimum absolute atomic E-state index is 0.0695. The lowest BCUT2D eigenvalue weighted by molar-refractivity contribution is -0.119. The molecule has 0 aliphatic heterocycles. The van der Waals surface area contributed by atoms with Crippen molar-refractivity contribution < 1.29 is 14.7 Å². The van der Waals surface area contributed by atoms with Gasteiger partial charge in [0, 0.05) is 36.5 Å². The van der Waals surface area contributed by atoms with Gasteiger partial charge in [0.2, 0.25) is 5.91 Å². The van der Waals surface area contributed by atoms with Crippen LogP contribution in [0.1, 0.15) is 48.5 Å². The number of halogens is 1. The molecule has 2 N–H and O–H groups in total. The van der Waals surface area contributed by atoms with Crippen LogP contribution in [0.2, 0.25) is 5.02 Å². The van der Waals surface area contributed by atoms with Crippen LogP contribution in [0.15, 0.2) is 54.6 Å². The molecule has 1 aliphatic carbocycles. The normalized spacial score (nSPS) is 24.0. The second kappa shape index (κ2) is 9.63. The molecule has 2 amide bonds. The molecule has 3 atom stereocenters. The van der Waals surface area contributed by atoms with Gasteiger partial charge in [0.1, 0.15) is 0 Å². The molecule has 1 aliphatic rings. The van der Waals surface area contributed by atoms with Crippen LogP contribution in [-0.4, -0.2) is 47.6 Å². The van der Waals surface area contributed by atoms with Crippen molar-refractivity contribution in [3.8, 4) is 0 Å². The Morgan fingerprint density at radius 1 is 1.13 bits per heavy atom. The van der Waals surface area contributed by atoms with Crippen LogP contribution in [0.3, 0.4) is 0 Å². The van der Waals surface area contributed by atoms with Crippen molar-refractivity contribution in [2.45, 2.75) is 50.2 Å². The molecule has 2 aromatic rings. The van der Waals surface area contributed by atoms with Gasteiger partial charge in [-0.3, -0.25) is 9.59 Å². The van der Waals surface area contributed by atoms with Crippen LogP contribution in [0.25, 0.3) is 0 Å². The van der Waals surface area contributed by atoms with E-state index in [2.05, 4.69) is 17.4 Å². The minimum atomic E-state index is -0.638. The zero-order valence-corrected chi connectivity index (χ0v) is 18.2. The molecule has 1 fully saturated rings. The largest absolute Gasteiger partial charge is 0.391 e. The first kappa shape index (κ1) is 22.3. The Morgan fingerprint density at radius 3 is 2.50 bits per heavy atom. The van der Waals surface area contributed by atoms with Gasteiger partial charge < -0.3 is 15.3 Å². The van der Waals surface area contributed by atoms with Crippen molar-refractivity contribution >= 4 is 23.4 Å². The second-order valence-electron chi connectivity index (χ2n) is 8.19. The summed E-state index contributed by atoms with van der Waals surface area (Å²) in [4.78, 5) is 26.3. The lowest BCUT2D eigenvalue weighted by atomic mass is 9.74. The fourth-order valence-electron chi connectivity index (χ4n) is 4.44. The van der Waals surface area contributed by atoms with E-state index in [4.69, 9.17) is 11.6 Å². The van der Waals surface area contributed by atoms with Crippen molar-refractivity contribution in [3.05, 3.63) is 70.7 Å². The van der Waals surface area contributed by atoms with Crippen LogP contribution >= 0.6 is 11.6 Å². The zero-order valence-electron chi connectivity index (χ0n) is 17.5. The Kier molecular flexibility index (Phi) is 7.16. The van der Waals surface area contributed by atoms with Gasteiger partial charge in [0.25, 0.3) is 5.91 Å². The highest BCUT2D eigenvalue weighted by atomic mass is 35.5. The van der Waals surface area contributed by atoms with Gasteiger partial charge in [-0.05, 0) is 49.4 Å². The Bertz CT molecular complexity index is 889. The number of hydrogen-bond donors (Lipinski definition) is 2. The molecule has 30 heavy (non-hydrogen) atoms. The SMILES string of the molecule is CC(=O)NC[C@]1(c2ccccc2)CC[C@@H](O)[C@H](N(C)C(=O)c2cccc(Cl)c2)CC1. The van der Waals surface area contributed by atoms with Gasteiger partial charge in [0.05, 0.1) is 12.1 Å². The average molecular weight is 429 g/mol. The van der Waals surface area contributed by atoms with E-state index in [1.54, 1.807) is 36.2 Å². The number of aliphatic hydroxyl groups is 1. The van der Waals surface area contributed by atoms with Gasteiger partial charge in [-0.15, -0.1) is 0 Å². The highest BCUT2D eigenvalue weighted by Gasteiger charge is 2.40. The highest BCUT2D eigenvalue weighted by Crippen LogP contribution is 2.39. The quantitative estimate of drug-likeness (QED) is 0.712. The van der Waals surface area contributed by atoms with E-state index < -0.39 is 6.10 Å². The lowest BCUT2D eigenvalue weighted by Crippen LogP contribution is -2.44. The summed E-state index contributed by atoms with van der Waals surface area (Å²) in [5.41, 5.74) is 1.38. The topological polar surface area (TPSA) is 69.6 Å². The summed E-state index contributed by atoms with van der Waals surface area (Å²) in [6.07, 6.45) is 2.03.